The van der Waals surface area contributed by atoms with Crippen molar-refractivity contribution < 1.29 is 9.53 Å². The fourth-order valence-corrected chi connectivity index (χ4v) is 2.52. The van der Waals surface area contributed by atoms with Gasteiger partial charge in [0, 0.05) is 5.56 Å². The zero-order valence-electron chi connectivity index (χ0n) is 10.3. The van der Waals surface area contributed by atoms with Crippen LogP contribution >= 0.6 is 12.2 Å². The highest BCUT2D eigenvalue weighted by Gasteiger charge is 2.32. The van der Waals surface area contributed by atoms with E-state index >= 15 is 0 Å². The number of carbonyl (C=O) groups is 1. The second kappa shape index (κ2) is 4.48. The fourth-order valence-electron chi connectivity index (χ4n) is 2.16. The molecule has 94 valence electrons. The number of hydrogen-bond acceptors (Lipinski definition) is 3. The summed E-state index contributed by atoms with van der Waals surface area (Å²) in [4.78, 5) is 14.5. The molecule has 2 aromatic rings. The first-order valence-electron chi connectivity index (χ1n) is 5.84. The van der Waals surface area contributed by atoms with Gasteiger partial charge in [0.1, 0.15) is 10.7 Å². The third kappa shape index (κ3) is 1.81. The lowest BCUT2D eigenvalue weighted by Gasteiger charge is -2.16. The summed E-state index contributed by atoms with van der Waals surface area (Å²) in [6, 6.07) is 14.7. The smallest absolute Gasteiger partial charge is 0.264 e. The van der Waals surface area contributed by atoms with Crippen molar-refractivity contribution in [2.75, 3.05) is 12.0 Å². The number of benzene rings is 2. The van der Waals surface area contributed by atoms with E-state index in [2.05, 4.69) is 0 Å². The van der Waals surface area contributed by atoms with Gasteiger partial charge >= 0.3 is 0 Å². The van der Waals surface area contributed by atoms with Crippen molar-refractivity contribution in [1.29, 1.82) is 0 Å². The minimum absolute atomic E-state index is 0.0780. The average molecular weight is 269 g/mol. The van der Waals surface area contributed by atoms with Crippen molar-refractivity contribution in [2.45, 2.75) is 0 Å². The molecule has 0 aliphatic carbocycles. The van der Waals surface area contributed by atoms with Crippen LogP contribution in [-0.2, 0) is 0 Å². The van der Waals surface area contributed by atoms with E-state index in [-0.39, 0.29) is 5.91 Å². The molecule has 0 aromatic heterocycles. The summed E-state index contributed by atoms with van der Waals surface area (Å²) >= 11 is 5.39. The van der Waals surface area contributed by atoms with Gasteiger partial charge in [-0.3, -0.25) is 9.69 Å². The van der Waals surface area contributed by atoms with Crippen molar-refractivity contribution in [3.05, 3.63) is 59.7 Å². The molecule has 1 aliphatic heterocycles. The van der Waals surface area contributed by atoms with E-state index in [0.29, 0.717) is 10.6 Å². The van der Waals surface area contributed by atoms with Crippen LogP contribution < -0.4 is 9.64 Å². The predicted octanol–water partition coefficient (Wildman–Crippen LogP) is 3.03. The van der Waals surface area contributed by atoms with Crippen LogP contribution in [0.4, 0.5) is 5.69 Å². The Kier molecular flexibility index (Phi) is 2.80. The molecule has 0 fully saturated rings. The summed E-state index contributed by atoms with van der Waals surface area (Å²) in [6.45, 7) is 0. The molecule has 0 N–H and O–H groups in total. The monoisotopic (exact) mass is 269 g/mol. The number of fused-ring (bicyclic) bond motifs is 1. The third-order valence-corrected chi connectivity index (χ3v) is 3.53. The second-order valence-electron chi connectivity index (χ2n) is 4.19. The SMILES string of the molecule is COc1ccc(N2C(=O)c3ccccc3C2=S)cc1. The predicted molar refractivity (Wildman–Crippen MR) is 77.9 cm³/mol. The first-order valence-corrected chi connectivity index (χ1v) is 6.25. The largest absolute Gasteiger partial charge is 0.497 e. The lowest BCUT2D eigenvalue weighted by atomic mass is 10.1. The number of carbonyl (C=O) groups excluding carboxylic acids is 1. The minimum atomic E-state index is -0.0780. The van der Waals surface area contributed by atoms with Gasteiger partial charge in [0.2, 0.25) is 0 Å². The molecule has 1 aliphatic rings. The molecule has 0 unspecified atom stereocenters. The number of anilines is 1. The van der Waals surface area contributed by atoms with Crippen molar-refractivity contribution in [2.24, 2.45) is 0 Å². The van der Waals surface area contributed by atoms with E-state index < -0.39 is 0 Å². The van der Waals surface area contributed by atoms with E-state index in [9.17, 15) is 4.79 Å². The Labute approximate surface area is 116 Å². The van der Waals surface area contributed by atoms with Crippen molar-refractivity contribution in [3.63, 3.8) is 0 Å². The maximum Gasteiger partial charge on any atom is 0.264 e. The van der Waals surface area contributed by atoms with Crippen LogP contribution in [0.5, 0.6) is 5.75 Å². The Morgan fingerprint density at radius 1 is 1.00 bits per heavy atom. The van der Waals surface area contributed by atoms with Gasteiger partial charge in [0.05, 0.1) is 18.4 Å². The van der Waals surface area contributed by atoms with Crippen LogP contribution in [-0.4, -0.2) is 18.0 Å². The van der Waals surface area contributed by atoms with Gasteiger partial charge in [-0.15, -0.1) is 0 Å². The van der Waals surface area contributed by atoms with Crippen LogP contribution in [0.3, 0.4) is 0 Å². The van der Waals surface area contributed by atoms with Crippen LogP contribution in [0.1, 0.15) is 15.9 Å². The van der Waals surface area contributed by atoms with Gasteiger partial charge in [0.15, 0.2) is 0 Å². The normalized spacial score (nSPS) is 13.6. The Bertz CT molecular complexity index is 629. The van der Waals surface area contributed by atoms with Gasteiger partial charge in [-0.1, -0.05) is 30.4 Å². The number of nitrogens with zero attached hydrogens (tertiary/aromatic N) is 1. The van der Waals surface area contributed by atoms with Gasteiger partial charge < -0.3 is 4.74 Å². The average Bonchev–Trinajstić information content (AvgIpc) is 2.72. The highest BCUT2D eigenvalue weighted by atomic mass is 32.1. The second-order valence-corrected chi connectivity index (χ2v) is 4.58. The first kappa shape index (κ1) is 11.9. The molecule has 3 nitrogen and oxygen atoms in total. The minimum Gasteiger partial charge on any atom is -0.497 e. The van der Waals surface area contributed by atoms with E-state index in [4.69, 9.17) is 17.0 Å². The number of thiocarbonyl (C=S) groups is 1. The molecule has 4 heteroatoms. The van der Waals surface area contributed by atoms with E-state index in [1.807, 2.05) is 42.5 Å². The number of rotatable bonds is 2. The number of methoxy groups -OCH3 is 1. The standard InChI is InChI=1S/C15H11NO2S/c1-18-11-8-6-10(7-9-11)16-14(17)12-4-2-3-5-13(12)15(16)19/h2-9H,1H3. The Morgan fingerprint density at radius 3 is 2.21 bits per heavy atom. The molecular weight excluding hydrogens is 258 g/mol. The van der Waals surface area contributed by atoms with Gasteiger partial charge in [0.25, 0.3) is 5.91 Å². The van der Waals surface area contributed by atoms with Crippen molar-refractivity contribution in [1.82, 2.24) is 0 Å². The summed E-state index contributed by atoms with van der Waals surface area (Å²) < 4.78 is 5.11. The zero-order valence-corrected chi connectivity index (χ0v) is 11.1. The van der Waals surface area contributed by atoms with Crippen LogP contribution in [0.25, 0.3) is 0 Å². The maximum absolute atomic E-state index is 12.4. The van der Waals surface area contributed by atoms with Gasteiger partial charge in [-0.25, -0.2) is 0 Å². The number of hydrogen-bond donors (Lipinski definition) is 0. The summed E-state index contributed by atoms with van der Waals surface area (Å²) in [6.07, 6.45) is 0. The molecule has 1 heterocycles. The molecule has 0 atom stereocenters. The number of amides is 1. The topological polar surface area (TPSA) is 29.5 Å². The zero-order chi connectivity index (χ0) is 13.4. The lowest BCUT2D eigenvalue weighted by molar-refractivity contribution is 0.101. The molecule has 0 saturated heterocycles. The molecule has 1 amide bonds. The highest BCUT2D eigenvalue weighted by molar-refractivity contribution is 7.81. The highest BCUT2D eigenvalue weighted by Crippen LogP contribution is 2.29. The quantitative estimate of drug-likeness (QED) is 0.785. The Balaban J connectivity index is 2.03. The molecule has 19 heavy (non-hydrogen) atoms. The number of ether oxygens (including phenoxy) is 1. The molecule has 0 radical (unpaired) electrons. The van der Waals surface area contributed by atoms with Gasteiger partial charge in [-0.2, -0.15) is 0 Å². The third-order valence-electron chi connectivity index (χ3n) is 3.12. The summed E-state index contributed by atoms with van der Waals surface area (Å²) in [7, 11) is 1.61. The molecule has 0 bridgehead atoms. The molecule has 3 rings (SSSR count). The molecule has 0 saturated carbocycles. The summed E-state index contributed by atoms with van der Waals surface area (Å²) in [5, 5.41) is 0. The van der Waals surface area contributed by atoms with E-state index in [1.54, 1.807) is 18.1 Å². The van der Waals surface area contributed by atoms with Gasteiger partial charge in [-0.05, 0) is 30.3 Å². The first-order chi connectivity index (χ1) is 9.22. The summed E-state index contributed by atoms with van der Waals surface area (Å²) in [5.41, 5.74) is 2.23. The van der Waals surface area contributed by atoms with Crippen LogP contribution in [0.2, 0.25) is 0 Å². The fraction of sp³-hybridized carbons (Fsp3) is 0.0667. The molecule has 2 aromatic carbocycles. The van der Waals surface area contributed by atoms with E-state index in [1.165, 1.54) is 0 Å². The maximum atomic E-state index is 12.4. The summed E-state index contributed by atoms with van der Waals surface area (Å²) in [5.74, 6) is 0.671. The van der Waals surface area contributed by atoms with Crippen LogP contribution in [0.15, 0.2) is 48.5 Å². The lowest BCUT2D eigenvalue weighted by Crippen LogP contribution is -2.28. The van der Waals surface area contributed by atoms with E-state index in [0.717, 1.165) is 17.0 Å². The molecule has 0 spiro atoms. The Hall–Kier alpha value is -2.20. The van der Waals surface area contributed by atoms with Crippen molar-refractivity contribution in [3.8, 4) is 5.75 Å². The molecular formula is C15H11NO2S. The van der Waals surface area contributed by atoms with Crippen molar-refractivity contribution >= 4 is 28.8 Å². The van der Waals surface area contributed by atoms with Crippen LogP contribution in [0, 0.1) is 0 Å². The Morgan fingerprint density at radius 2 is 1.63 bits per heavy atom.